The summed E-state index contributed by atoms with van der Waals surface area (Å²) in [5, 5.41) is 9.05. The van der Waals surface area contributed by atoms with Crippen LogP contribution in [0.4, 0.5) is 0 Å². The number of aliphatic hydroxyl groups excluding tert-OH is 1. The second kappa shape index (κ2) is 2.82. The number of ether oxygens (including phenoxy) is 1. The molecule has 1 N–H and O–H groups in total. The van der Waals surface area contributed by atoms with Crippen LogP contribution in [0.15, 0.2) is 12.2 Å². The van der Waals surface area contributed by atoms with E-state index in [-0.39, 0.29) is 18.3 Å². The fourth-order valence-corrected chi connectivity index (χ4v) is 2.76. The highest BCUT2D eigenvalue weighted by Gasteiger charge is 2.60. The molecule has 0 aromatic carbocycles. The number of epoxide rings is 1. The maximum absolute atomic E-state index is 9.05. The van der Waals surface area contributed by atoms with E-state index in [1.807, 2.05) is 0 Å². The van der Waals surface area contributed by atoms with Gasteiger partial charge >= 0.3 is 0 Å². The van der Waals surface area contributed by atoms with Gasteiger partial charge in [0.2, 0.25) is 0 Å². The first kappa shape index (κ1) is 9.22. The lowest BCUT2D eigenvalue weighted by Gasteiger charge is -2.32. The average molecular weight is 182 g/mol. The van der Waals surface area contributed by atoms with Crippen molar-refractivity contribution in [2.75, 3.05) is 6.61 Å². The SMILES string of the molecule is C=C1[C@@H](C)C[C@@H](C)CC12OC2CO. The molecule has 74 valence electrons. The Balaban J connectivity index is 2.15. The molecule has 1 aliphatic heterocycles. The molecule has 0 bridgehead atoms. The Morgan fingerprint density at radius 1 is 1.62 bits per heavy atom. The van der Waals surface area contributed by atoms with Gasteiger partial charge in [-0.25, -0.2) is 0 Å². The van der Waals surface area contributed by atoms with E-state index in [0.29, 0.717) is 11.8 Å². The Hall–Kier alpha value is -0.340. The smallest absolute Gasteiger partial charge is 0.118 e. The van der Waals surface area contributed by atoms with Crippen molar-refractivity contribution in [2.24, 2.45) is 11.8 Å². The normalized spacial score (nSPS) is 49.8. The van der Waals surface area contributed by atoms with Gasteiger partial charge in [0.25, 0.3) is 0 Å². The zero-order valence-electron chi connectivity index (χ0n) is 8.42. The minimum atomic E-state index is -0.147. The van der Waals surface area contributed by atoms with Crippen LogP contribution >= 0.6 is 0 Å². The van der Waals surface area contributed by atoms with Gasteiger partial charge in [0.15, 0.2) is 0 Å². The van der Waals surface area contributed by atoms with E-state index in [2.05, 4.69) is 20.4 Å². The molecule has 0 radical (unpaired) electrons. The quantitative estimate of drug-likeness (QED) is 0.495. The minimum Gasteiger partial charge on any atom is -0.394 e. The number of aliphatic hydroxyl groups is 1. The van der Waals surface area contributed by atoms with Crippen molar-refractivity contribution in [1.82, 2.24) is 0 Å². The zero-order chi connectivity index (χ0) is 9.64. The van der Waals surface area contributed by atoms with E-state index >= 15 is 0 Å². The van der Waals surface area contributed by atoms with Crippen molar-refractivity contribution in [3.8, 4) is 0 Å². The van der Waals surface area contributed by atoms with Crippen molar-refractivity contribution in [3.05, 3.63) is 12.2 Å². The summed E-state index contributed by atoms with van der Waals surface area (Å²) < 4.78 is 5.60. The van der Waals surface area contributed by atoms with E-state index in [0.717, 1.165) is 6.42 Å². The van der Waals surface area contributed by atoms with Gasteiger partial charge in [0.1, 0.15) is 11.7 Å². The molecule has 1 spiro atoms. The highest BCUT2D eigenvalue weighted by molar-refractivity contribution is 5.29. The second-order valence-corrected chi connectivity index (χ2v) is 4.65. The average Bonchev–Trinajstić information content (AvgIpc) is 2.75. The Kier molecular flexibility index (Phi) is 2.00. The highest BCUT2D eigenvalue weighted by atomic mass is 16.6. The van der Waals surface area contributed by atoms with Crippen LogP contribution in [0.2, 0.25) is 0 Å². The van der Waals surface area contributed by atoms with Gasteiger partial charge < -0.3 is 9.84 Å². The van der Waals surface area contributed by atoms with E-state index in [4.69, 9.17) is 9.84 Å². The molecule has 13 heavy (non-hydrogen) atoms. The molecule has 2 heteroatoms. The van der Waals surface area contributed by atoms with Crippen LogP contribution in [0.25, 0.3) is 0 Å². The summed E-state index contributed by atoms with van der Waals surface area (Å²) >= 11 is 0. The Morgan fingerprint density at radius 3 is 2.85 bits per heavy atom. The number of rotatable bonds is 1. The monoisotopic (exact) mass is 182 g/mol. The molecule has 0 amide bonds. The van der Waals surface area contributed by atoms with Crippen molar-refractivity contribution in [1.29, 1.82) is 0 Å². The summed E-state index contributed by atoms with van der Waals surface area (Å²) in [6.07, 6.45) is 2.29. The topological polar surface area (TPSA) is 32.8 Å². The molecule has 2 rings (SSSR count). The summed E-state index contributed by atoms with van der Waals surface area (Å²) in [6.45, 7) is 8.70. The lowest BCUT2D eigenvalue weighted by atomic mass is 9.72. The van der Waals surface area contributed by atoms with Crippen molar-refractivity contribution in [2.45, 2.75) is 38.4 Å². The molecule has 4 atom stereocenters. The molecule has 1 saturated carbocycles. The van der Waals surface area contributed by atoms with E-state index in [1.54, 1.807) is 0 Å². The van der Waals surface area contributed by atoms with Crippen LogP contribution in [-0.2, 0) is 4.74 Å². The first-order valence-corrected chi connectivity index (χ1v) is 5.08. The van der Waals surface area contributed by atoms with Crippen LogP contribution in [0.1, 0.15) is 26.7 Å². The van der Waals surface area contributed by atoms with E-state index in [9.17, 15) is 0 Å². The highest BCUT2D eigenvalue weighted by Crippen LogP contribution is 2.53. The molecule has 0 aromatic heterocycles. The second-order valence-electron chi connectivity index (χ2n) is 4.65. The fourth-order valence-electron chi connectivity index (χ4n) is 2.76. The van der Waals surface area contributed by atoms with E-state index in [1.165, 1.54) is 12.0 Å². The van der Waals surface area contributed by atoms with Crippen LogP contribution in [0.3, 0.4) is 0 Å². The Bertz CT molecular complexity index is 236. The third-order valence-electron chi connectivity index (χ3n) is 3.53. The number of hydrogen-bond donors (Lipinski definition) is 1. The van der Waals surface area contributed by atoms with Gasteiger partial charge in [-0.05, 0) is 30.3 Å². The third kappa shape index (κ3) is 1.24. The molecule has 0 aromatic rings. The van der Waals surface area contributed by atoms with Gasteiger partial charge in [-0.1, -0.05) is 20.4 Å². The maximum atomic E-state index is 9.05. The molecular weight excluding hydrogens is 164 g/mol. The summed E-state index contributed by atoms with van der Waals surface area (Å²) in [5.74, 6) is 1.23. The van der Waals surface area contributed by atoms with Gasteiger partial charge in [0, 0.05) is 0 Å². The van der Waals surface area contributed by atoms with Gasteiger partial charge in [-0.3, -0.25) is 0 Å². The van der Waals surface area contributed by atoms with Crippen molar-refractivity contribution in [3.63, 3.8) is 0 Å². The predicted octanol–water partition coefficient (Wildman–Crippen LogP) is 1.74. The summed E-state index contributed by atoms with van der Waals surface area (Å²) in [6, 6.07) is 0. The van der Waals surface area contributed by atoms with Gasteiger partial charge in [-0.2, -0.15) is 0 Å². The van der Waals surface area contributed by atoms with Gasteiger partial charge in [-0.15, -0.1) is 0 Å². The first-order chi connectivity index (χ1) is 6.10. The molecule has 1 aliphatic carbocycles. The standard InChI is InChI=1S/C11H18O2/c1-7-4-8(2)9(3)11(5-7)10(6-12)13-11/h7-8,10,12H,3-6H2,1-2H3/t7-,8+,10?,11?/m1/s1. The van der Waals surface area contributed by atoms with Crippen LogP contribution in [-0.4, -0.2) is 23.4 Å². The van der Waals surface area contributed by atoms with Gasteiger partial charge in [0.05, 0.1) is 6.61 Å². The zero-order valence-corrected chi connectivity index (χ0v) is 8.42. The fraction of sp³-hybridized carbons (Fsp3) is 0.818. The largest absolute Gasteiger partial charge is 0.394 e. The van der Waals surface area contributed by atoms with Crippen LogP contribution < -0.4 is 0 Å². The van der Waals surface area contributed by atoms with E-state index < -0.39 is 0 Å². The van der Waals surface area contributed by atoms with Crippen LogP contribution in [0, 0.1) is 11.8 Å². The maximum Gasteiger partial charge on any atom is 0.118 e. The lowest BCUT2D eigenvalue weighted by molar-refractivity contribution is 0.212. The predicted molar refractivity (Wildman–Crippen MR) is 51.4 cm³/mol. The molecule has 2 fully saturated rings. The minimum absolute atomic E-state index is 0.0326. The summed E-state index contributed by atoms with van der Waals surface area (Å²) in [7, 11) is 0. The first-order valence-electron chi connectivity index (χ1n) is 5.08. The lowest BCUT2D eigenvalue weighted by Crippen LogP contribution is -2.32. The Morgan fingerprint density at radius 2 is 2.31 bits per heavy atom. The Labute approximate surface area is 79.6 Å². The van der Waals surface area contributed by atoms with Crippen LogP contribution in [0.5, 0.6) is 0 Å². The molecule has 2 nitrogen and oxygen atoms in total. The molecule has 1 saturated heterocycles. The summed E-state index contributed by atoms with van der Waals surface area (Å²) in [4.78, 5) is 0. The van der Waals surface area contributed by atoms with Crippen molar-refractivity contribution >= 4 is 0 Å². The molecule has 2 aliphatic rings. The number of hydrogen-bond acceptors (Lipinski definition) is 2. The molecule has 2 unspecified atom stereocenters. The van der Waals surface area contributed by atoms with Crippen molar-refractivity contribution < 1.29 is 9.84 Å². The summed E-state index contributed by atoms with van der Waals surface area (Å²) in [5.41, 5.74) is 1.05. The molecule has 1 heterocycles. The third-order valence-corrected chi connectivity index (χ3v) is 3.53. The molecular formula is C11H18O2.